The molecule has 0 atom stereocenters. The summed E-state index contributed by atoms with van der Waals surface area (Å²) in [6.45, 7) is 13.9. The Morgan fingerprint density at radius 2 is 1.94 bits per heavy atom. The molecule has 0 aliphatic heterocycles. The molecule has 0 aromatic heterocycles. The van der Waals surface area contributed by atoms with Gasteiger partial charge in [0.25, 0.3) is 0 Å². The molecule has 0 bridgehead atoms. The first-order chi connectivity index (χ1) is 7.63. The zero-order valence-electron chi connectivity index (χ0n) is 11.2. The molecular weight excluding hydrogens is 196 g/mol. The van der Waals surface area contributed by atoms with Crippen LogP contribution >= 0.6 is 0 Å². The molecule has 0 amide bonds. The van der Waals surface area contributed by atoms with Crippen molar-refractivity contribution < 1.29 is 4.74 Å². The van der Waals surface area contributed by atoms with E-state index in [1.807, 2.05) is 39.8 Å². The maximum absolute atomic E-state index is 5.65. The molecule has 0 saturated carbocycles. The van der Waals surface area contributed by atoms with E-state index in [0.29, 0.717) is 0 Å². The molecule has 1 aromatic carbocycles. The van der Waals surface area contributed by atoms with Gasteiger partial charge >= 0.3 is 0 Å². The van der Waals surface area contributed by atoms with Gasteiger partial charge in [-0.3, -0.25) is 0 Å². The van der Waals surface area contributed by atoms with Crippen molar-refractivity contribution in [1.82, 2.24) is 0 Å². The SMILES string of the molecule is C=CCc1ccc(OC(C)C)c(C)c1.CC. The van der Waals surface area contributed by atoms with E-state index in [2.05, 4.69) is 25.6 Å². The lowest BCUT2D eigenvalue weighted by molar-refractivity contribution is 0.240. The van der Waals surface area contributed by atoms with Crippen LogP contribution in [0.25, 0.3) is 0 Å². The van der Waals surface area contributed by atoms with E-state index in [9.17, 15) is 0 Å². The summed E-state index contributed by atoms with van der Waals surface area (Å²) >= 11 is 0. The van der Waals surface area contributed by atoms with Gasteiger partial charge in [-0.25, -0.2) is 0 Å². The van der Waals surface area contributed by atoms with Crippen LogP contribution in [0.3, 0.4) is 0 Å². The third-order valence-corrected chi connectivity index (χ3v) is 1.98. The zero-order chi connectivity index (χ0) is 12.6. The van der Waals surface area contributed by atoms with Gasteiger partial charge in [0.05, 0.1) is 6.10 Å². The Morgan fingerprint density at radius 1 is 1.31 bits per heavy atom. The molecule has 0 aliphatic rings. The van der Waals surface area contributed by atoms with E-state index in [4.69, 9.17) is 4.74 Å². The summed E-state index contributed by atoms with van der Waals surface area (Å²) in [6.07, 6.45) is 3.07. The second-order valence-electron chi connectivity index (χ2n) is 3.76. The van der Waals surface area contributed by atoms with Crippen LogP contribution in [0.2, 0.25) is 0 Å². The van der Waals surface area contributed by atoms with Crippen LogP contribution in [0.4, 0.5) is 0 Å². The Hall–Kier alpha value is -1.24. The van der Waals surface area contributed by atoms with Crippen molar-refractivity contribution in [3.63, 3.8) is 0 Å². The molecule has 0 unspecified atom stereocenters. The summed E-state index contributed by atoms with van der Waals surface area (Å²) < 4.78 is 5.65. The van der Waals surface area contributed by atoms with Crippen molar-refractivity contribution in [1.29, 1.82) is 0 Å². The van der Waals surface area contributed by atoms with Gasteiger partial charge in [-0.2, -0.15) is 0 Å². The highest BCUT2D eigenvalue weighted by Crippen LogP contribution is 2.20. The lowest BCUT2D eigenvalue weighted by Crippen LogP contribution is -2.06. The quantitative estimate of drug-likeness (QED) is 0.677. The van der Waals surface area contributed by atoms with Gasteiger partial charge in [-0.15, -0.1) is 6.58 Å². The standard InChI is InChI=1S/C13H18O.C2H6/c1-5-6-12-7-8-13(11(4)9-12)14-10(2)3;1-2/h5,7-10H,1,6H2,2-4H3;1-2H3. The monoisotopic (exact) mass is 220 g/mol. The predicted octanol–water partition coefficient (Wildman–Crippen LogP) is 4.54. The van der Waals surface area contributed by atoms with Crippen LogP contribution in [-0.4, -0.2) is 6.10 Å². The maximum Gasteiger partial charge on any atom is 0.122 e. The molecule has 1 heteroatoms. The molecule has 1 rings (SSSR count). The molecule has 1 aromatic rings. The fourth-order valence-electron chi connectivity index (χ4n) is 1.39. The minimum atomic E-state index is 0.235. The minimum absolute atomic E-state index is 0.235. The molecule has 0 heterocycles. The van der Waals surface area contributed by atoms with Gasteiger partial charge in [0.1, 0.15) is 5.75 Å². The average molecular weight is 220 g/mol. The molecule has 0 saturated heterocycles. The third kappa shape index (κ3) is 5.01. The first kappa shape index (κ1) is 14.8. The van der Waals surface area contributed by atoms with Crippen molar-refractivity contribution in [2.75, 3.05) is 0 Å². The largest absolute Gasteiger partial charge is 0.491 e. The number of aryl methyl sites for hydroxylation is 1. The second-order valence-corrected chi connectivity index (χ2v) is 3.76. The lowest BCUT2D eigenvalue weighted by atomic mass is 10.1. The average Bonchev–Trinajstić information content (AvgIpc) is 2.25. The van der Waals surface area contributed by atoms with Crippen LogP contribution in [0.5, 0.6) is 5.75 Å². The molecule has 0 radical (unpaired) electrons. The van der Waals surface area contributed by atoms with Crippen molar-refractivity contribution >= 4 is 0 Å². The second kappa shape index (κ2) is 7.98. The molecule has 0 N–H and O–H groups in total. The number of hydrogen-bond donors (Lipinski definition) is 0. The number of hydrogen-bond acceptors (Lipinski definition) is 1. The molecular formula is C15H24O. The molecule has 0 fully saturated rings. The van der Waals surface area contributed by atoms with Gasteiger partial charge in [-0.05, 0) is 44.4 Å². The Bertz CT molecular complexity index is 313. The Morgan fingerprint density at radius 3 is 2.38 bits per heavy atom. The highest BCUT2D eigenvalue weighted by Gasteiger charge is 2.02. The van der Waals surface area contributed by atoms with Gasteiger partial charge in [-0.1, -0.05) is 32.1 Å². The maximum atomic E-state index is 5.65. The summed E-state index contributed by atoms with van der Waals surface area (Å²) in [5.74, 6) is 0.979. The molecule has 16 heavy (non-hydrogen) atoms. The van der Waals surface area contributed by atoms with E-state index < -0.39 is 0 Å². The topological polar surface area (TPSA) is 9.23 Å². The first-order valence-electron chi connectivity index (χ1n) is 6.00. The Balaban J connectivity index is 0.00000106. The summed E-state index contributed by atoms with van der Waals surface area (Å²) in [5, 5.41) is 0. The van der Waals surface area contributed by atoms with Crippen molar-refractivity contribution in [3.8, 4) is 5.75 Å². The van der Waals surface area contributed by atoms with E-state index in [0.717, 1.165) is 12.2 Å². The fourth-order valence-corrected chi connectivity index (χ4v) is 1.39. The summed E-state index contributed by atoms with van der Waals surface area (Å²) in [6, 6.07) is 6.28. The Kier molecular flexibility index (Phi) is 7.36. The van der Waals surface area contributed by atoms with Crippen LogP contribution in [0.1, 0.15) is 38.8 Å². The Labute approximate surface area is 100 Å². The number of ether oxygens (including phenoxy) is 1. The van der Waals surface area contributed by atoms with Crippen molar-refractivity contribution in [2.24, 2.45) is 0 Å². The summed E-state index contributed by atoms with van der Waals surface area (Å²) in [5.41, 5.74) is 2.48. The van der Waals surface area contributed by atoms with Crippen molar-refractivity contribution in [2.45, 2.75) is 47.1 Å². The van der Waals surface area contributed by atoms with Crippen LogP contribution in [-0.2, 0) is 6.42 Å². The van der Waals surface area contributed by atoms with E-state index in [1.54, 1.807) is 0 Å². The van der Waals surface area contributed by atoms with Crippen molar-refractivity contribution in [3.05, 3.63) is 42.0 Å². The fraction of sp³-hybridized carbons (Fsp3) is 0.467. The number of rotatable bonds is 4. The molecule has 90 valence electrons. The lowest BCUT2D eigenvalue weighted by Gasteiger charge is -2.12. The van der Waals surface area contributed by atoms with Gasteiger partial charge < -0.3 is 4.74 Å². The number of allylic oxidation sites excluding steroid dienone is 1. The van der Waals surface area contributed by atoms with Crippen LogP contribution in [0, 0.1) is 6.92 Å². The van der Waals surface area contributed by atoms with Crippen LogP contribution in [0.15, 0.2) is 30.9 Å². The van der Waals surface area contributed by atoms with Gasteiger partial charge in [0, 0.05) is 0 Å². The third-order valence-electron chi connectivity index (χ3n) is 1.98. The summed E-state index contributed by atoms with van der Waals surface area (Å²) in [7, 11) is 0. The smallest absolute Gasteiger partial charge is 0.122 e. The zero-order valence-corrected chi connectivity index (χ0v) is 11.2. The highest BCUT2D eigenvalue weighted by atomic mass is 16.5. The van der Waals surface area contributed by atoms with E-state index >= 15 is 0 Å². The molecule has 0 aliphatic carbocycles. The van der Waals surface area contributed by atoms with Gasteiger partial charge in [0.2, 0.25) is 0 Å². The molecule has 0 spiro atoms. The highest BCUT2D eigenvalue weighted by molar-refractivity contribution is 5.36. The van der Waals surface area contributed by atoms with E-state index in [1.165, 1.54) is 11.1 Å². The van der Waals surface area contributed by atoms with Gasteiger partial charge in [0.15, 0.2) is 0 Å². The van der Waals surface area contributed by atoms with Crippen LogP contribution < -0.4 is 4.74 Å². The predicted molar refractivity (Wildman–Crippen MR) is 72.2 cm³/mol. The number of benzene rings is 1. The van der Waals surface area contributed by atoms with E-state index in [-0.39, 0.29) is 6.10 Å². The minimum Gasteiger partial charge on any atom is -0.491 e. The first-order valence-corrected chi connectivity index (χ1v) is 6.00. The normalized spacial score (nSPS) is 9.38. The molecule has 1 nitrogen and oxygen atoms in total. The summed E-state index contributed by atoms with van der Waals surface area (Å²) in [4.78, 5) is 0.